The van der Waals surface area contributed by atoms with Gasteiger partial charge < -0.3 is 5.11 Å². The average molecular weight is 1010 g/mol. The van der Waals surface area contributed by atoms with Crippen molar-refractivity contribution < 1.29 is 30.0 Å². The van der Waals surface area contributed by atoms with Gasteiger partial charge in [0.05, 0.1) is 5.76 Å². The van der Waals surface area contributed by atoms with E-state index in [9.17, 15) is 9.90 Å². The Morgan fingerprint density at radius 2 is 0.859 bits per heavy atom. The molecule has 2 heterocycles. The van der Waals surface area contributed by atoms with Gasteiger partial charge in [-0.2, -0.15) is 0 Å². The monoisotopic (exact) mass is 1010 g/mol. The second kappa shape index (κ2) is 21.2. The van der Waals surface area contributed by atoms with Gasteiger partial charge in [-0.25, -0.2) is 0 Å². The van der Waals surface area contributed by atoms with Gasteiger partial charge in [0.2, 0.25) is 0 Å². The summed E-state index contributed by atoms with van der Waals surface area (Å²) in [6, 6.07) is 62.1. The number of aliphatic hydroxyl groups is 1. The number of allylic oxidation sites excluding steroid dienone is 2. The molecule has 4 nitrogen and oxygen atoms in total. The molecule has 0 aliphatic heterocycles. The third-order valence-corrected chi connectivity index (χ3v) is 12.2. The molecule has 64 heavy (non-hydrogen) atoms. The van der Waals surface area contributed by atoms with Crippen LogP contribution < -0.4 is 0 Å². The standard InChI is InChI=1S/2C23H14N.C13H24O2.Ir/c2*1-2-6-17-14-21(10-9-16(17)5-1)23-22-15-19-8-4-3-7-18(19)13-20(22)11-12-24-23;1-5-10(6-2)12(14)9-13(15)11(7-3)8-4;/h2*1-13,15H;9-11,14H,5-8H2,1-4H3;/q2*-1;;/b;;12-9-;. The van der Waals surface area contributed by atoms with E-state index in [1.807, 2.05) is 52.2 Å². The Hall–Kier alpha value is -6.52. The summed E-state index contributed by atoms with van der Waals surface area (Å²) in [5.74, 6) is 0.547. The van der Waals surface area contributed by atoms with Crippen LogP contribution in [0.1, 0.15) is 53.4 Å². The molecular formula is C59H52IrN2O2-2. The summed E-state index contributed by atoms with van der Waals surface area (Å²) in [7, 11) is 0. The Kier molecular flexibility index (Phi) is 15.1. The summed E-state index contributed by atoms with van der Waals surface area (Å²) in [5.41, 5.74) is 4.05. The summed E-state index contributed by atoms with van der Waals surface area (Å²) in [5, 5.41) is 24.1. The van der Waals surface area contributed by atoms with E-state index in [-0.39, 0.29) is 43.5 Å². The van der Waals surface area contributed by atoms with Crippen LogP contribution in [0.5, 0.6) is 0 Å². The molecule has 321 valence electrons. The van der Waals surface area contributed by atoms with Gasteiger partial charge in [0.1, 0.15) is 0 Å². The van der Waals surface area contributed by atoms with Gasteiger partial charge in [0.25, 0.3) is 0 Å². The van der Waals surface area contributed by atoms with Crippen LogP contribution in [-0.2, 0) is 24.9 Å². The molecule has 0 aliphatic carbocycles. The number of carbonyl (C=O) groups is 1. The van der Waals surface area contributed by atoms with Crippen molar-refractivity contribution in [1.29, 1.82) is 0 Å². The predicted molar refractivity (Wildman–Crippen MR) is 266 cm³/mol. The molecule has 0 spiro atoms. The molecule has 0 amide bonds. The molecule has 10 rings (SSSR count). The average Bonchev–Trinajstić information content (AvgIpc) is 3.33. The Balaban J connectivity index is 0.000000147. The van der Waals surface area contributed by atoms with Crippen molar-refractivity contribution in [3.8, 4) is 22.5 Å². The van der Waals surface area contributed by atoms with Crippen LogP contribution in [0.25, 0.3) is 87.1 Å². The van der Waals surface area contributed by atoms with Crippen LogP contribution in [0, 0.1) is 24.0 Å². The van der Waals surface area contributed by atoms with Gasteiger partial charge >= 0.3 is 0 Å². The predicted octanol–water partition coefficient (Wildman–Crippen LogP) is 15.9. The fourth-order valence-corrected chi connectivity index (χ4v) is 8.44. The molecule has 0 fully saturated rings. The number of hydrogen-bond acceptors (Lipinski definition) is 4. The van der Waals surface area contributed by atoms with E-state index < -0.39 is 0 Å². The van der Waals surface area contributed by atoms with Crippen LogP contribution in [0.2, 0.25) is 0 Å². The van der Waals surface area contributed by atoms with Gasteiger partial charge in [-0.15, -0.1) is 59.3 Å². The number of ketones is 1. The van der Waals surface area contributed by atoms with E-state index in [0.29, 0.717) is 0 Å². The topological polar surface area (TPSA) is 63.1 Å². The van der Waals surface area contributed by atoms with Gasteiger partial charge in [-0.3, -0.25) is 14.8 Å². The van der Waals surface area contributed by atoms with E-state index >= 15 is 0 Å². The SMILES string of the molecule is CCC(CC)C(=O)/C=C(\O)C(CC)CC.[Ir].[c-]1c(-c2nccc3cc4ccccc4cc23)ccc2ccccc12.[c-]1c(-c2nccc3cc4ccccc4cc23)ccc2ccccc12. The number of benzene rings is 8. The molecule has 8 aromatic carbocycles. The first-order valence-electron chi connectivity index (χ1n) is 22.2. The van der Waals surface area contributed by atoms with Crippen LogP contribution >= 0.6 is 0 Å². The number of carbonyl (C=O) groups excluding carboxylic acids is 1. The van der Waals surface area contributed by atoms with Crippen molar-refractivity contribution in [3.05, 3.63) is 194 Å². The minimum Gasteiger partial charge on any atom is -0.512 e. The van der Waals surface area contributed by atoms with Crippen molar-refractivity contribution in [2.24, 2.45) is 11.8 Å². The van der Waals surface area contributed by atoms with Crippen molar-refractivity contribution in [3.63, 3.8) is 0 Å². The largest absolute Gasteiger partial charge is 0.512 e. The van der Waals surface area contributed by atoms with Gasteiger partial charge in [0.15, 0.2) is 5.78 Å². The number of nitrogens with zero attached hydrogens (tertiary/aromatic N) is 2. The minimum atomic E-state index is 0. The minimum absolute atomic E-state index is 0. The third kappa shape index (κ3) is 10.1. The second-order valence-electron chi connectivity index (χ2n) is 16.1. The quantitative estimate of drug-likeness (QED) is 0.0677. The van der Waals surface area contributed by atoms with Crippen molar-refractivity contribution in [1.82, 2.24) is 9.97 Å². The molecule has 2 aromatic heterocycles. The zero-order valence-electron chi connectivity index (χ0n) is 36.8. The van der Waals surface area contributed by atoms with Gasteiger partial charge in [0, 0.05) is 61.8 Å². The summed E-state index contributed by atoms with van der Waals surface area (Å²) >= 11 is 0. The van der Waals surface area contributed by atoms with E-state index in [1.54, 1.807) is 0 Å². The normalized spacial score (nSPS) is 11.4. The van der Waals surface area contributed by atoms with Crippen molar-refractivity contribution in [2.45, 2.75) is 53.4 Å². The van der Waals surface area contributed by atoms with E-state index in [0.717, 1.165) is 59.0 Å². The Labute approximate surface area is 390 Å². The number of pyridine rings is 2. The van der Waals surface area contributed by atoms with E-state index in [1.165, 1.54) is 59.9 Å². The molecule has 0 bridgehead atoms. The van der Waals surface area contributed by atoms with Gasteiger partial charge in [-0.1, -0.05) is 147 Å². The maximum absolute atomic E-state index is 11.7. The fourth-order valence-electron chi connectivity index (χ4n) is 8.44. The molecule has 1 N–H and O–H groups in total. The summed E-state index contributed by atoms with van der Waals surface area (Å²) in [4.78, 5) is 21.0. The van der Waals surface area contributed by atoms with E-state index in [4.69, 9.17) is 0 Å². The fraction of sp³-hybridized carbons (Fsp3) is 0.169. The Morgan fingerprint density at radius 1 is 0.484 bits per heavy atom. The molecule has 1 radical (unpaired) electrons. The summed E-state index contributed by atoms with van der Waals surface area (Å²) < 4.78 is 0. The number of rotatable bonds is 9. The smallest absolute Gasteiger partial charge is 0.162 e. The number of aliphatic hydroxyl groups excluding tert-OH is 1. The molecule has 0 atom stereocenters. The first-order valence-corrected chi connectivity index (χ1v) is 22.2. The van der Waals surface area contributed by atoms with Crippen LogP contribution in [0.4, 0.5) is 0 Å². The zero-order chi connectivity index (χ0) is 43.7. The number of fused-ring (bicyclic) bond motifs is 6. The van der Waals surface area contributed by atoms with Gasteiger partial charge in [-0.05, 0) is 93.0 Å². The van der Waals surface area contributed by atoms with Crippen LogP contribution in [0.3, 0.4) is 0 Å². The molecule has 0 saturated carbocycles. The molecule has 0 unspecified atom stereocenters. The number of aromatic nitrogens is 2. The van der Waals surface area contributed by atoms with E-state index in [2.05, 4.69) is 168 Å². The Bertz CT molecular complexity index is 3040. The maximum Gasteiger partial charge on any atom is 0.162 e. The first kappa shape index (κ1) is 45.5. The first-order chi connectivity index (χ1) is 30.9. The molecule has 5 heteroatoms. The molecule has 0 saturated heterocycles. The summed E-state index contributed by atoms with van der Waals surface area (Å²) in [6.07, 6.45) is 8.67. The number of hydrogen-bond donors (Lipinski definition) is 1. The summed E-state index contributed by atoms with van der Waals surface area (Å²) in [6.45, 7) is 8.07. The molecule has 10 aromatic rings. The van der Waals surface area contributed by atoms with Crippen LogP contribution in [-0.4, -0.2) is 20.9 Å². The van der Waals surface area contributed by atoms with Crippen molar-refractivity contribution in [2.75, 3.05) is 0 Å². The maximum atomic E-state index is 11.7. The molecular weight excluding hydrogens is 961 g/mol. The third-order valence-electron chi connectivity index (χ3n) is 12.2. The van der Waals surface area contributed by atoms with Crippen molar-refractivity contribution >= 4 is 70.4 Å². The zero-order valence-corrected chi connectivity index (χ0v) is 39.2. The second-order valence-corrected chi connectivity index (χ2v) is 16.1. The van der Waals surface area contributed by atoms with Crippen LogP contribution in [0.15, 0.2) is 182 Å². The molecule has 0 aliphatic rings. The Morgan fingerprint density at radius 3 is 1.27 bits per heavy atom.